The number of carbonyl (C=O) groups excluding carboxylic acids is 1. The van der Waals surface area contributed by atoms with Crippen molar-refractivity contribution in [3.8, 4) is 0 Å². The van der Waals surface area contributed by atoms with Crippen molar-refractivity contribution in [1.82, 2.24) is 0 Å². The number of hydrogen-bond acceptors (Lipinski definition) is 4. The minimum absolute atomic E-state index is 0.0613. The molecular weight excluding hydrogens is 230 g/mol. The Morgan fingerprint density at radius 2 is 1.78 bits per heavy atom. The van der Waals surface area contributed by atoms with Crippen molar-refractivity contribution in [2.45, 2.75) is 45.0 Å². The second-order valence-electron chi connectivity index (χ2n) is 4.88. The molecule has 98 valence electrons. The molecule has 0 saturated carbocycles. The molecule has 1 saturated heterocycles. The molecule has 4 heteroatoms. The lowest BCUT2D eigenvalue weighted by Gasteiger charge is -2.31. The van der Waals surface area contributed by atoms with Gasteiger partial charge in [-0.15, -0.1) is 0 Å². The van der Waals surface area contributed by atoms with Gasteiger partial charge < -0.3 is 15.2 Å². The number of nitrogens with two attached hydrogens (primary N) is 1. The zero-order chi connectivity index (χ0) is 13.1. The maximum absolute atomic E-state index is 11.9. The minimum Gasteiger partial charge on any atom is -0.459 e. The van der Waals surface area contributed by atoms with Gasteiger partial charge in [-0.2, -0.15) is 0 Å². The second-order valence-corrected chi connectivity index (χ2v) is 4.88. The second kappa shape index (κ2) is 5.40. The van der Waals surface area contributed by atoms with E-state index in [1.165, 1.54) is 0 Å². The monoisotopic (exact) mass is 249 g/mol. The van der Waals surface area contributed by atoms with E-state index in [9.17, 15) is 4.79 Å². The zero-order valence-corrected chi connectivity index (χ0v) is 10.8. The number of carbonyl (C=O) groups is 1. The van der Waals surface area contributed by atoms with Gasteiger partial charge in [0.1, 0.15) is 6.10 Å². The lowest BCUT2D eigenvalue weighted by molar-refractivity contribution is -0.0855. The number of benzene rings is 1. The van der Waals surface area contributed by atoms with E-state index in [1.54, 1.807) is 24.3 Å². The van der Waals surface area contributed by atoms with Gasteiger partial charge in [0.15, 0.2) is 0 Å². The topological polar surface area (TPSA) is 61.5 Å². The molecule has 2 atom stereocenters. The highest BCUT2D eigenvalue weighted by atomic mass is 16.6. The van der Waals surface area contributed by atoms with E-state index < -0.39 is 0 Å². The lowest BCUT2D eigenvalue weighted by Crippen LogP contribution is -2.35. The zero-order valence-electron chi connectivity index (χ0n) is 10.8. The highest BCUT2D eigenvalue weighted by Gasteiger charge is 2.27. The average molecular weight is 249 g/mol. The largest absolute Gasteiger partial charge is 0.459 e. The van der Waals surface area contributed by atoms with Gasteiger partial charge >= 0.3 is 5.97 Å². The van der Waals surface area contributed by atoms with E-state index in [0.717, 1.165) is 12.8 Å². The molecule has 0 radical (unpaired) electrons. The molecule has 2 rings (SSSR count). The Morgan fingerprint density at radius 1 is 1.22 bits per heavy atom. The summed E-state index contributed by atoms with van der Waals surface area (Å²) in [6.07, 6.45) is 1.72. The third-order valence-electron chi connectivity index (χ3n) is 3.07. The van der Waals surface area contributed by atoms with Crippen LogP contribution in [0.3, 0.4) is 0 Å². The Labute approximate surface area is 107 Å². The van der Waals surface area contributed by atoms with Gasteiger partial charge in [-0.25, -0.2) is 4.79 Å². The lowest BCUT2D eigenvalue weighted by atomic mass is 10.0. The van der Waals surface area contributed by atoms with E-state index in [1.807, 2.05) is 13.8 Å². The summed E-state index contributed by atoms with van der Waals surface area (Å²) in [7, 11) is 0. The van der Waals surface area contributed by atoms with Crippen LogP contribution in [-0.2, 0) is 9.47 Å². The molecule has 2 N–H and O–H groups in total. The van der Waals surface area contributed by atoms with E-state index in [2.05, 4.69) is 0 Å². The first kappa shape index (κ1) is 12.9. The molecule has 0 bridgehead atoms. The predicted octanol–water partition coefficient (Wildman–Crippen LogP) is 2.38. The Bertz CT molecular complexity index is 406. The predicted molar refractivity (Wildman–Crippen MR) is 69.3 cm³/mol. The van der Waals surface area contributed by atoms with Crippen LogP contribution in [0.2, 0.25) is 0 Å². The molecular formula is C14H19NO3. The fourth-order valence-electron chi connectivity index (χ4n) is 2.28. The summed E-state index contributed by atoms with van der Waals surface area (Å²) in [6.45, 7) is 4.00. The van der Waals surface area contributed by atoms with E-state index in [0.29, 0.717) is 11.3 Å². The molecule has 1 aromatic rings. The summed E-state index contributed by atoms with van der Waals surface area (Å²) in [5.74, 6) is -0.290. The highest BCUT2D eigenvalue weighted by Crippen LogP contribution is 2.22. The Hall–Kier alpha value is -1.55. The molecule has 0 spiro atoms. The first-order valence-electron chi connectivity index (χ1n) is 6.26. The van der Waals surface area contributed by atoms with Gasteiger partial charge in [0, 0.05) is 18.5 Å². The van der Waals surface area contributed by atoms with Gasteiger partial charge in [-0.1, -0.05) is 0 Å². The number of ether oxygens (including phenoxy) is 2. The fourth-order valence-corrected chi connectivity index (χ4v) is 2.28. The maximum Gasteiger partial charge on any atom is 0.338 e. The summed E-state index contributed by atoms with van der Waals surface area (Å²) in [5, 5.41) is 0. The molecule has 1 aliphatic rings. The highest BCUT2D eigenvalue weighted by molar-refractivity contribution is 5.89. The van der Waals surface area contributed by atoms with Crippen LogP contribution >= 0.6 is 0 Å². The standard InChI is InChI=1S/C14H19NO3/c1-9-7-13(8-10(2)17-9)18-14(16)11-3-5-12(15)6-4-11/h3-6,9-10,13H,7-8,15H2,1-2H3. The van der Waals surface area contributed by atoms with Crippen LogP contribution in [0, 0.1) is 0 Å². The van der Waals surface area contributed by atoms with Gasteiger partial charge in [0.05, 0.1) is 17.8 Å². The first-order valence-corrected chi connectivity index (χ1v) is 6.26. The van der Waals surface area contributed by atoms with Crippen LogP contribution < -0.4 is 5.73 Å². The van der Waals surface area contributed by atoms with Gasteiger partial charge in [0.25, 0.3) is 0 Å². The number of anilines is 1. The molecule has 0 amide bonds. The third kappa shape index (κ3) is 3.23. The van der Waals surface area contributed by atoms with E-state index in [-0.39, 0.29) is 24.3 Å². The summed E-state index contributed by atoms with van der Waals surface area (Å²) >= 11 is 0. The molecule has 1 aromatic carbocycles. The molecule has 4 nitrogen and oxygen atoms in total. The van der Waals surface area contributed by atoms with Crippen LogP contribution in [0.15, 0.2) is 24.3 Å². The number of hydrogen-bond donors (Lipinski definition) is 1. The van der Waals surface area contributed by atoms with Crippen molar-refractivity contribution in [3.63, 3.8) is 0 Å². The van der Waals surface area contributed by atoms with Crippen LogP contribution in [-0.4, -0.2) is 24.3 Å². The van der Waals surface area contributed by atoms with Crippen molar-refractivity contribution < 1.29 is 14.3 Å². The molecule has 1 heterocycles. The SMILES string of the molecule is CC1CC(OC(=O)c2ccc(N)cc2)CC(C)O1. The van der Waals surface area contributed by atoms with Crippen molar-refractivity contribution in [2.24, 2.45) is 0 Å². The van der Waals surface area contributed by atoms with Crippen molar-refractivity contribution in [3.05, 3.63) is 29.8 Å². The van der Waals surface area contributed by atoms with Gasteiger partial charge in [-0.05, 0) is 38.1 Å². The van der Waals surface area contributed by atoms with Crippen LogP contribution in [0.1, 0.15) is 37.0 Å². The van der Waals surface area contributed by atoms with Crippen LogP contribution in [0.5, 0.6) is 0 Å². The van der Waals surface area contributed by atoms with Crippen molar-refractivity contribution in [2.75, 3.05) is 5.73 Å². The molecule has 1 aliphatic heterocycles. The average Bonchev–Trinajstić information content (AvgIpc) is 2.28. The summed E-state index contributed by atoms with van der Waals surface area (Å²) in [4.78, 5) is 11.9. The Balaban J connectivity index is 1.96. The van der Waals surface area contributed by atoms with Gasteiger partial charge in [0.2, 0.25) is 0 Å². The van der Waals surface area contributed by atoms with E-state index >= 15 is 0 Å². The number of esters is 1. The third-order valence-corrected chi connectivity index (χ3v) is 3.07. The maximum atomic E-state index is 11.9. The molecule has 0 aliphatic carbocycles. The molecule has 1 fully saturated rings. The normalized spacial score (nSPS) is 27.8. The van der Waals surface area contributed by atoms with Gasteiger partial charge in [-0.3, -0.25) is 0 Å². The molecule has 18 heavy (non-hydrogen) atoms. The van der Waals surface area contributed by atoms with E-state index in [4.69, 9.17) is 15.2 Å². The van der Waals surface area contributed by atoms with Crippen LogP contribution in [0.4, 0.5) is 5.69 Å². The quantitative estimate of drug-likeness (QED) is 0.645. The first-order chi connectivity index (χ1) is 8.54. The van der Waals surface area contributed by atoms with Crippen LogP contribution in [0.25, 0.3) is 0 Å². The number of nitrogen functional groups attached to an aromatic ring is 1. The number of rotatable bonds is 2. The van der Waals surface area contributed by atoms with Crippen molar-refractivity contribution >= 4 is 11.7 Å². The fraction of sp³-hybridized carbons (Fsp3) is 0.500. The Kier molecular flexibility index (Phi) is 3.87. The Morgan fingerprint density at radius 3 is 2.33 bits per heavy atom. The summed E-state index contributed by atoms with van der Waals surface area (Å²) in [6, 6.07) is 6.77. The summed E-state index contributed by atoms with van der Waals surface area (Å²) < 4.78 is 11.1. The van der Waals surface area contributed by atoms with Crippen molar-refractivity contribution in [1.29, 1.82) is 0 Å². The summed E-state index contributed by atoms with van der Waals surface area (Å²) in [5.41, 5.74) is 6.76. The molecule has 2 unspecified atom stereocenters. The molecule has 0 aromatic heterocycles. The smallest absolute Gasteiger partial charge is 0.338 e. The minimum atomic E-state index is -0.290.